The molecule has 2 rings (SSSR count). The third kappa shape index (κ3) is 3.61. The van der Waals surface area contributed by atoms with E-state index in [1.165, 1.54) is 4.88 Å². The Kier molecular flexibility index (Phi) is 5.18. The Morgan fingerprint density at radius 1 is 1.25 bits per heavy atom. The Morgan fingerprint density at radius 2 is 2.05 bits per heavy atom. The summed E-state index contributed by atoms with van der Waals surface area (Å²) in [7, 11) is 1.86. The van der Waals surface area contributed by atoms with Crippen LogP contribution in [0.4, 0.5) is 5.69 Å². The molecule has 0 aliphatic heterocycles. The van der Waals surface area contributed by atoms with E-state index in [1.54, 1.807) is 16.2 Å². The van der Waals surface area contributed by atoms with Crippen molar-refractivity contribution in [2.75, 3.05) is 25.5 Å². The first kappa shape index (κ1) is 14.6. The van der Waals surface area contributed by atoms with Crippen LogP contribution in [0.2, 0.25) is 0 Å². The van der Waals surface area contributed by atoms with Crippen molar-refractivity contribution in [3.8, 4) is 0 Å². The summed E-state index contributed by atoms with van der Waals surface area (Å²) in [5.74, 6) is 0.0677. The van der Waals surface area contributed by atoms with Gasteiger partial charge in [-0.25, -0.2) is 0 Å². The molecule has 0 unspecified atom stereocenters. The topological polar surface area (TPSA) is 32.3 Å². The van der Waals surface area contributed by atoms with E-state index in [9.17, 15) is 4.79 Å². The zero-order valence-electron chi connectivity index (χ0n) is 11.9. The fraction of sp³-hybridized carbons (Fsp3) is 0.312. The highest BCUT2D eigenvalue weighted by molar-refractivity contribution is 7.09. The van der Waals surface area contributed by atoms with Gasteiger partial charge in [-0.2, -0.15) is 0 Å². The number of anilines is 1. The highest BCUT2D eigenvalue weighted by Gasteiger charge is 2.15. The number of likely N-dealkylation sites (N-methyl/N-ethyl adjacent to an activating group) is 1. The average Bonchev–Trinajstić information content (AvgIpc) is 2.98. The van der Waals surface area contributed by atoms with Gasteiger partial charge in [0, 0.05) is 30.7 Å². The van der Waals surface area contributed by atoms with Crippen LogP contribution in [0.5, 0.6) is 0 Å². The zero-order chi connectivity index (χ0) is 14.4. The molecule has 4 heteroatoms. The average molecular weight is 288 g/mol. The Bertz CT molecular complexity index is 551. The van der Waals surface area contributed by atoms with Gasteiger partial charge in [0.15, 0.2) is 0 Å². The molecule has 106 valence electrons. The molecule has 1 N–H and O–H groups in total. The summed E-state index contributed by atoms with van der Waals surface area (Å²) in [6.45, 7) is 3.57. The van der Waals surface area contributed by atoms with E-state index in [1.807, 2.05) is 44.3 Å². The second-order valence-corrected chi connectivity index (χ2v) is 5.66. The Hall–Kier alpha value is -1.81. The maximum absolute atomic E-state index is 12.5. The lowest BCUT2D eigenvalue weighted by atomic mass is 10.1. The van der Waals surface area contributed by atoms with E-state index in [0.717, 1.165) is 30.8 Å². The van der Waals surface area contributed by atoms with Crippen molar-refractivity contribution in [2.24, 2.45) is 0 Å². The van der Waals surface area contributed by atoms with Gasteiger partial charge in [-0.3, -0.25) is 4.79 Å². The zero-order valence-corrected chi connectivity index (χ0v) is 12.7. The minimum absolute atomic E-state index is 0.0677. The summed E-state index contributed by atoms with van der Waals surface area (Å²) < 4.78 is 0. The second-order valence-electron chi connectivity index (χ2n) is 4.63. The number of carbonyl (C=O) groups is 1. The molecule has 2 aromatic rings. The van der Waals surface area contributed by atoms with Crippen molar-refractivity contribution in [2.45, 2.75) is 13.3 Å². The molecule has 0 saturated carbocycles. The Morgan fingerprint density at radius 3 is 2.75 bits per heavy atom. The molecular weight excluding hydrogens is 268 g/mol. The van der Waals surface area contributed by atoms with Gasteiger partial charge in [0.25, 0.3) is 5.91 Å². The van der Waals surface area contributed by atoms with Gasteiger partial charge in [-0.1, -0.05) is 18.2 Å². The van der Waals surface area contributed by atoms with Crippen LogP contribution >= 0.6 is 11.3 Å². The molecule has 0 bridgehead atoms. The summed E-state index contributed by atoms with van der Waals surface area (Å²) in [6, 6.07) is 11.8. The highest BCUT2D eigenvalue weighted by Crippen LogP contribution is 2.17. The number of hydrogen-bond donors (Lipinski definition) is 1. The van der Waals surface area contributed by atoms with Gasteiger partial charge < -0.3 is 10.2 Å². The van der Waals surface area contributed by atoms with Crippen LogP contribution in [-0.4, -0.2) is 30.9 Å². The summed E-state index contributed by atoms with van der Waals surface area (Å²) >= 11 is 1.73. The number of nitrogens with one attached hydrogen (secondary N) is 1. The van der Waals surface area contributed by atoms with Gasteiger partial charge in [0.05, 0.1) is 5.56 Å². The van der Waals surface area contributed by atoms with Crippen LogP contribution in [-0.2, 0) is 6.42 Å². The SMILES string of the molecule is CCNc1ccccc1C(=O)N(C)CCc1cccs1. The third-order valence-corrected chi connectivity index (χ3v) is 4.08. The van der Waals surface area contributed by atoms with Crippen molar-refractivity contribution in [3.63, 3.8) is 0 Å². The van der Waals surface area contributed by atoms with Crippen LogP contribution < -0.4 is 5.32 Å². The molecule has 0 radical (unpaired) electrons. The Labute approximate surface area is 124 Å². The van der Waals surface area contributed by atoms with Crippen LogP contribution in [0.25, 0.3) is 0 Å². The van der Waals surface area contributed by atoms with Gasteiger partial charge in [0.2, 0.25) is 0 Å². The van der Waals surface area contributed by atoms with Crippen molar-refractivity contribution in [3.05, 3.63) is 52.2 Å². The van der Waals surface area contributed by atoms with Gasteiger partial charge in [-0.05, 0) is 36.9 Å². The predicted octanol–water partition coefficient (Wildman–Crippen LogP) is 3.49. The lowest BCUT2D eigenvalue weighted by Crippen LogP contribution is -2.29. The number of nitrogens with zero attached hydrogens (tertiary/aromatic N) is 1. The third-order valence-electron chi connectivity index (χ3n) is 3.15. The molecule has 1 amide bonds. The lowest BCUT2D eigenvalue weighted by molar-refractivity contribution is 0.0798. The minimum Gasteiger partial charge on any atom is -0.385 e. The summed E-state index contributed by atoms with van der Waals surface area (Å²) in [4.78, 5) is 15.6. The van der Waals surface area contributed by atoms with Crippen molar-refractivity contribution in [1.82, 2.24) is 4.90 Å². The summed E-state index contributed by atoms with van der Waals surface area (Å²) in [5.41, 5.74) is 1.64. The van der Waals surface area contributed by atoms with E-state index in [0.29, 0.717) is 0 Å². The molecule has 1 heterocycles. The van der Waals surface area contributed by atoms with Crippen LogP contribution in [0.15, 0.2) is 41.8 Å². The van der Waals surface area contributed by atoms with Gasteiger partial charge >= 0.3 is 0 Å². The van der Waals surface area contributed by atoms with E-state index < -0.39 is 0 Å². The van der Waals surface area contributed by atoms with E-state index in [4.69, 9.17) is 0 Å². The highest BCUT2D eigenvalue weighted by atomic mass is 32.1. The maximum atomic E-state index is 12.5. The van der Waals surface area contributed by atoms with Crippen molar-refractivity contribution >= 4 is 22.9 Å². The number of benzene rings is 1. The van der Waals surface area contributed by atoms with Crippen LogP contribution in [0.1, 0.15) is 22.2 Å². The van der Waals surface area contributed by atoms with Gasteiger partial charge in [0.1, 0.15) is 0 Å². The molecule has 3 nitrogen and oxygen atoms in total. The maximum Gasteiger partial charge on any atom is 0.255 e. The van der Waals surface area contributed by atoms with Crippen molar-refractivity contribution in [1.29, 1.82) is 0 Å². The first-order valence-corrected chi connectivity index (χ1v) is 7.71. The molecule has 1 aromatic heterocycles. The lowest BCUT2D eigenvalue weighted by Gasteiger charge is -2.19. The van der Waals surface area contributed by atoms with Crippen molar-refractivity contribution < 1.29 is 4.79 Å². The van der Waals surface area contributed by atoms with Crippen LogP contribution in [0, 0.1) is 0 Å². The van der Waals surface area contributed by atoms with Crippen LogP contribution in [0.3, 0.4) is 0 Å². The first-order valence-electron chi connectivity index (χ1n) is 6.83. The second kappa shape index (κ2) is 7.10. The fourth-order valence-electron chi connectivity index (χ4n) is 2.05. The number of amides is 1. The number of para-hydroxylation sites is 1. The standard InChI is InChI=1S/C16H20N2OS/c1-3-17-15-9-5-4-8-14(15)16(19)18(2)11-10-13-7-6-12-20-13/h4-9,12,17H,3,10-11H2,1-2H3. The smallest absolute Gasteiger partial charge is 0.255 e. The largest absolute Gasteiger partial charge is 0.385 e. The summed E-state index contributed by atoms with van der Waals surface area (Å²) in [5, 5.41) is 5.30. The molecule has 0 fully saturated rings. The number of rotatable bonds is 6. The molecule has 0 aliphatic carbocycles. The molecule has 0 saturated heterocycles. The predicted molar refractivity (Wildman–Crippen MR) is 85.6 cm³/mol. The monoisotopic (exact) mass is 288 g/mol. The van der Waals surface area contributed by atoms with Gasteiger partial charge in [-0.15, -0.1) is 11.3 Å². The van der Waals surface area contributed by atoms with E-state index in [-0.39, 0.29) is 5.91 Å². The molecule has 20 heavy (non-hydrogen) atoms. The van der Waals surface area contributed by atoms with E-state index in [2.05, 4.69) is 16.8 Å². The quantitative estimate of drug-likeness (QED) is 0.882. The number of hydrogen-bond acceptors (Lipinski definition) is 3. The van der Waals surface area contributed by atoms with E-state index >= 15 is 0 Å². The molecule has 0 spiro atoms. The number of carbonyl (C=O) groups excluding carboxylic acids is 1. The summed E-state index contributed by atoms with van der Waals surface area (Å²) in [6.07, 6.45) is 0.906. The number of thiophene rings is 1. The molecule has 0 atom stereocenters. The molecular formula is C16H20N2OS. The normalized spacial score (nSPS) is 10.3. The molecule has 0 aliphatic rings. The minimum atomic E-state index is 0.0677. The first-order chi connectivity index (χ1) is 9.72. The molecule has 1 aromatic carbocycles. The fourth-order valence-corrected chi connectivity index (χ4v) is 2.75. The Balaban J connectivity index is 2.02.